The number of benzene rings is 1. The summed E-state index contributed by atoms with van der Waals surface area (Å²) in [6.45, 7) is 7.60. The Balaban J connectivity index is 1.83. The number of fused-ring (bicyclic) bond motifs is 2. The summed E-state index contributed by atoms with van der Waals surface area (Å²) < 4.78 is 1.59. The zero-order valence-corrected chi connectivity index (χ0v) is 12.8. The van der Waals surface area contributed by atoms with E-state index in [0.29, 0.717) is 25.8 Å². The third-order valence-electron chi connectivity index (χ3n) is 5.74. The molecule has 2 aliphatic carbocycles. The van der Waals surface area contributed by atoms with Gasteiger partial charge in [0.2, 0.25) is 0 Å². The summed E-state index contributed by atoms with van der Waals surface area (Å²) in [4.78, 5) is 0.964. The molecule has 2 saturated carbocycles. The molecule has 0 radical (unpaired) electrons. The van der Waals surface area contributed by atoms with Crippen molar-refractivity contribution in [2.45, 2.75) is 44.9 Å². The molecule has 0 spiro atoms. The van der Waals surface area contributed by atoms with E-state index in [1.165, 1.54) is 19.3 Å². The second kappa shape index (κ2) is 3.87. The third kappa shape index (κ3) is 1.63. The normalized spacial score (nSPS) is 38.5. The summed E-state index contributed by atoms with van der Waals surface area (Å²) in [6, 6.07) is 11.2. The summed E-state index contributed by atoms with van der Waals surface area (Å²) >= 11 is 0.669. The topological polar surface area (TPSA) is 0 Å². The zero-order chi connectivity index (χ0) is 12.1. The first-order chi connectivity index (χ1) is 8.04. The first-order valence-electron chi connectivity index (χ1n) is 6.76. The summed E-state index contributed by atoms with van der Waals surface area (Å²) in [5.74, 6) is 0.989. The molecule has 2 fully saturated rings. The van der Waals surface area contributed by atoms with Crippen LogP contribution in [-0.4, -0.2) is 15.0 Å². The van der Waals surface area contributed by atoms with E-state index in [-0.39, 0.29) is 0 Å². The van der Waals surface area contributed by atoms with Gasteiger partial charge in [0, 0.05) is 0 Å². The summed E-state index contributed by atoms with van der Waals surface area (Å²) in [6.07, 6.45) is 4.42. The number of hydrogen-bond acceptors (Lipinski definition) is 0. The van der Waals surface area contributed by atoms with E-state index in [0.717, 1.165) is 10.7 Å². The fraction of sp³-hybridized carbons (Fsp3) is 0.625. The molecule has 0 aliphatic heterocycles. The monoisotopic (exact) mass is 294 g/mol. The average molecular weight is 293 g/mol. The molecule has 0 N–H and O–H groups in total. The molecule has 92 valence electrons. The van der Waals surface area contributed by atoms with Gasteiger partial charge >= 0.3 is 111 Å². The predicted octanol–water partition coefficient (Wildman–Crippen LogP) is 3.65. The number of rotatable bonds is 2. The van der Waals surface area contributed by atoms with Crippen LogP contribution in [0.15, 0.2) is 30.3 Å². The van der Waals surface area contributed by atoms with Gasteiger partial charge in [-0.05, 0) is 0 Å². The van der Waals surface area contributed by atoms with Crippen molar-refractivity contribution >= 4 is 19.4 Å². The molecule has 0 amide bonds. The molecule has 2 bridgehead atoms. The fourth-order valence-electron chi connectivity index (χ4n) is 3.97. The van der Waals surface area contributed by atoms with Crippen molar-refractivity contribution in [1.29, 1.82) is 0 Å². The molecule has 3 rings (SSSR count). The molecule has 0 saturated heterocycles. The van der Waals surface area contributed by atoms with Crippen LogP contribution >= 0.6 is 0 Å². The van der Waals surface area contributed by atoms with Crippen molar-refractivity contribution in [2.75, 3.05) is 0 Å². The zero-order valence-electron chi connectivity index (χ0n) is 11.1. The van der Waals surface area contributed by atoms with E-state index in [1.54, 1.807) is 4.46 Å². The first-order valence-corrected chi connectivity index (χ1v) is 8.60. The van der Waals surface area contributed by atoms with Crippen molar-refractivity contribution in [3.8, 4) is 0 Å². The van der Waals surface area contributed by atoms with Crippen molar-refractivity contribution in [3.63, 3.8) is 0 Å². The molecule has 1 aromatic rings. The van der Waals surface area contributed by atoms with Gasteiger partial charge in [0.25, 0.3) is 0 Å². The summed E-state index contributed by atoms with van der Waals surface area (Å²) in [5, 5.41) is 0. The van der Waals surface area contributed by atoms with Crippen LogP contribution in [-0.2, 0) is 0 Å². The first kappa shape index (κ1) is 11.8. The van der Waals surface area contributed by atoms with Gasteiger partial charge in [0.1, 0.15) is 0 Å². The van der Waals surface area contributed by atoms with Crippen LogP contribution < -0.4 is 4.46 Å². The molecule has 0 nitrogen and oxygen atoms in total. The van der Waals surface area contributed by atoms with E-state index >= 15 is 0 Å². The molecule has 0 heterocycles. The molecule has 1 aromatic carbocycles. The van der Waals surface area contributed by atoms with Crippen molar-refractivity contribution in [2.24, 2.45) is 16.7 Å². The molecule has 3 atom stereocenters. The summed E-state index contributed by atoms with van der Waals surface area (Å²) in [5.41, 5.74) is 1.18. The van der Waals surface area contributed by atoms with Gasteiger partial charge < -0.3 is 0 Å². The van der Waals surface area contributed by atoms with E-state index in [2.05, 4.69) is 51.1 Å². The van der Waals surface area contributed by atoms with Crippen LogP contribution in [0.25, 0.3) is 0 Å². The molecular formula is C16H22Se. The second-order valence-corrected chi connectivity index (χ2v) is 9.21. The molecule has 1 heteroatoms. The van der Waals surface area contributed by atoms with Crippen molar-refractivity contribution in [3.05, 3.63) is 30.3 Å². The standard InChI is InChI=1S/C16H22Se/c1-15(2)12-9-10-16(15,3)14(11-12)17-13-7-5-4-6-8-13/h4-8,12,14H,9-11H2,1-3H3/t12-,14-,16+/m1/s1. The Morgan fingerprint density at radius 2 is 1.82 bits per heavy atom. The second-order valence-electron chi connectivity index (χ2n) is 6.53. The minimum atomic E-state index is 0.578. The van der Waals surface area contributed by atoms with Crippen LogP contribution in [0.3, 0.4) is 0 Å². The van der Waals surface area contributed by atoms with Gasteiger partial charge in [-0.15, -0.1) is 0 Å². The number of hydrogen-bond donors (Lipinski definition) is 0. The van der Waals surface area contributed by atoms with Gasteiger partial charge in [0.15, 0.2) is 0 Å². The Morgan fingerprint density at radius 1 is 1.12 bits per heavy atom. The Morgan fingerprint density at radius 3 is 2.35 bits per heavy atom. The van der Waals surface area contributed by atoms with E-state index in [9.17, 15) is 0 Å². The maximum atomic E-state index is 2.56. The van der Waals surface area contributed by atoms with Crippen molar-refractivity contribution < 1.29 is 0 Å². The minimum absolute atomic E-state index is 0.578. The van der Waals surface area contributed by atoms with Gasteiger partial charge in [-0.3, -0.25) is 0 Å². The van der Waals surface area contributed by atoms with E-state index in [4.69, 9.17) is 0 Å². The van der Waals surface area contributed by atoms with Gasteiger partial charge in [0.05, 0.1) is 0 Å². The fourth-order valence-corrected chi connectivity index (χ4v) is 7.44. The van der Waals surface area contributed by atoms with E-state index in [1.807, 2.05) is 0 Å². The van der Waals surface area contributed by atoms with Crippen LogP contribution in [0.1, 0.15) is 40.0 Å². The Hall–Kier alpha value is -0.261. The maximum absolute atomic E-state index is 2.56. The quantitative estimate of drug-likeness (QED) is 0.730. The Kier molecular flexibility index (Phi) is 2.69. The summed E-state index contributed by atoms with van der Waals surface area (Å²) in [7, 11) is 0. The van der Waals surface area contributed by atoms with Crippen LogP contribution in [0.5, 0.6) is 0 Å². The van der Waals surface area contributed by atoms with Crippen molar-refractivity contribution in [1.82, 2.24) is 0 Å². The van der Waals surface area contributed by atoms with Crippen LogP contribution in [0.4, 0.5) is 0 Å². The third-order valence-corrected chi connectivity index (χ3v) is 8.97. The molecule has 0 unspecified atom stereocenters. The molecule has 2 aliphatic rings. The SMILES string of the molecule is CC1(C)[C@@H]2CC[C@@]1(C)[C@H]([Se]c1ccccc1)C2. The Labute approximate surface area is 111 Å². The molecule has 17 heavy (non-hydrogen) atoms. The van der Waals surface area contributed by atoms with Crippen LogP contribution in [0, 0.1) is 16.7 Å². The van der Waals surface area contributed by atoms with Gasteiger partial charge in [-0.25, -0.2) is 0 Å². The Bertz CT molecular complexity index is 409. The molecule has 0 aromatic heterocycles. The van der Waals surface area contributed by atoms with E-state index < -0.39 is 0 Å². The van der Waals surface area contributed by atoms with Gasteiger partial charge in [-0.1, -0.05) is 0 Å². The molecular weight excluding hydrogens is 271 g/mol. The van der Waals surface area contributed by atoms with Gasteiger partial charge in [-0.2, -0.15) is 0 Å². The van der Waals surface area contributed by atoms with Crippen LogP contribution in [0.2, 0.25) is 4.82 Å². The predicted molar refractivity (Wildman–Crippen MR) is 74.8 cm³/mol. The average Bonchev–Trinajstić information content (AvgIpc) is 2.63.